The van der Waals surface area contributed by atoms with Crippen molar-refractivity contribution in [1.82, 2.24) is 0 Å². The van der Waals surface area contributed by atoms with Crippen molar-refractivity contribution in [1.29, 1.82) is 0 Å². The van der Waals surface area contributed by atoms with Gasteiger partial charge in [-0.3, -0.25) is 9.59 Å². The van der Waals surface area contributed by atoms with Gasteiger partial charge in [0.2, 0.25) is 0 Å². The molecule has 0 aliphatic heterocycles. The second kappa shape index (κ2) is 5.63. The van der Waals surface area contributed by atoms with Crippen molar-refractivity contribution in [3.8, 4) is 0 Å². The molecule has 19 heavy (non-hydrogen) atoms. The maximum atomic E-state index is 12.0. The number of carbonyl (C=O) groups is 3. The van der Waals surface area contributed by atoms with Crippen LogP contribution < -0.4 is 0 Å². The Hall–Kier alpha value is -1.53. The van der Waals surface area contributed by atoms with Gasteiger partial charge in [0.1, 0.15) is 17.1 Å². The van der Waals surface area contributed by atoms with E-state index in [1.807, 2.05) is 0 Å². The first kappa shape index (κ1) is 15.5. The molecule has 108 valence electrons. The number of alkyl halides is 2. The Kier molecular flexibility index (Phi) is 4.60. The number of methoxy groups -OCH3 is 2. The zero-order valence-corrected chi connectivity index (χ0v) is 10.8. The van der Waals surface area contributed by atoms with Crippen LogP contribution >= 0.6 is 0 Å². The maximum Gasteiger partial charge on any atom is 0.319 e. The smallest absolute Gasteiger partial charge is 0.319 e. The average Bonchev–Trinajstić information content (AvgIpc) is 3.30. The van der Waals surface area contributed by atoms with Crippen molar-refractivity contribution in [3.63, 3.8) is 0 Å². The van der Waals surface area contributed by atoms with E-state index < -0.39 is 29.2 Å². The highest BCUT2D eigenvalue weighted by atomic mass is 19.3. The molecule has 0 heterocycles. The molecule has 0 spiro atoms. The Balaban J connectivity index is 0.000000191. The van der Waals surface area contributed by atoms with Crippen molar-refractivity contribution in [2.75, 3.05) is 14.2 Å². The predicted molar refractivity (Wildman–Crippen MR) is 59.4 cm³/mol. The predicted octanol–water partition coefficient (Wildman–Crippen LogP) is 1.34. The molecule has 2 aliphatic rings. The number of rotatable bonds is 4. The van der Waals surface area contributed by atoms with Gasteiger partial charge < -0.3 is 14.3 Å². The van der Waals surface area contributed by atoms with Crippen molar-refractivity contribution < 1.29 is 32.6 Å². The summed E-state index contributed by atoms with van der Waals surface area (Å²) in [6.07, 6.45) is -0.0557. The molecule has 0 radical (unpaired) electrons. The summed E-state index contributed by atoms with van der Waals surface area (Å²) in [6.45, 7) is 0. The lowest BCUT2D eigenvalue weighted by atomic mass is 10.1. The largest absolute Gasteiger partial charge is 0.468 e. The minimum atomic E-state index is -2.57. The van der Waals surface area contributed by atoms with Crippen LogP contribution in [0.4, 0.5) is 8.78 Å². The number of aldehydes is 1. The van der Waals surface area contributed by atoms with Gasteiger partial charge in [0.15, 0.2) is 0 Å². The molecule has 7 heteroatoms. The number of carbonyl (C=O) groups excluding carboxylic acids is 3. The molecule has 0 aromatic carbocycles. The summed E-state index contributed by atoms with van der Waals surface area (Å²) in [4.78, 5) is 31.5. The highest BCUT2D eigenvalue weighted by Gasteiger charge is 2.58. The van der Waals surface area contributed by atoms with E-state index in [2.05, 4.69) is 9.47 Å². The van der Waals surface area contributed by atoms with Gasteiger partial charge in [0, 0.05) is 0 Å². The molecule has 0 unspecified atom stereocenters. The van der Waals surface area contributed by atoms with Gasteiger partial charge in [-0.15, -0.1) is 0 Å². The van der Waals surface area contributed by atoms with Gasteiger partial charge in [0.25, 0.3) is 6.43 Å². The van der Waals surface area contributed by atoms with Gasteiger partial charge in [-0.2, -0.15) is 0 Å². The molecule has 0 aromatic heterocycles. The first-order chi connectivity index (χ1) is 8.88. The third-order valence-electron chi connectivity index (χ3n) is 3.40. The summed E-state index contributed by atoms with van der Waals surface area (Å²) in [6, 6.07) is 0. The van der Waals surface area contributed by atoms with Crippen molar-refractivity contribution >= 4 is 18.2 Å². The Morgan fingerprint density at radius 2 is 1.53 bits per heavy atom. The minimum absolute atomic E-state index is 0.261. The molecule has 0 aromatic rings. The quantitative estimate of drug-likeness (QED) is 0.441. The molecule has 0 saturated heterocycles. The van der Waals surface area contributed by atoms with E-state index in [0.717, 1.165) is 7.11 Å². The maximum absolute atomic E-state index is 12.0. The van der Waals surface area contributed by atoms with E-state index in [4.69, 9.17) is 0 Å². The monoisotopic (exact) mass is 278 g/mol. The third kappa shape index (κ3) is 3.08. The number of hydrogen-bond acceptors (Lipinski definition) is 5. The molecule has 0 atom stereocenters. The first-order valence-corrected chi connectivity index (χ1v) is 5.80. The standard InChI is InChI=1S/C6H8F2O2.C6H8O3/c1-10-5(9)6(2-3-6)4(7)8;1-9-5(8)6(4-7)2-3-6/h4H,2-3H2,1H3;4H,2-3H2,1H3. The molecule has 0 bridgehead atoms. The first-order valence-electron chi connectivity index (χ1n) is 5.80. The van der Waals surface area contributed by atoms with Crippen LogP contribution in [0.2, 0.25) is 0 Å². The molecule has 2 aliphatic carbocycles. The van der Waals surface area contributed by atoms with Gasteiger partial charge in [-0.25, -0.2) is 8.78 Å². The normalized spacial score (nSPS) is 20.7. The fraction of sp³-hybridized carbons (Fsp3) is 0.750. The molecular weight excluding hydrogens is 262 g/mol. The SMILES string of the molecule is COC(=O)C1(C(F)F)CC1.COC(=O)C1(C=O)CC1. The molecule has 2 fully saturated rings. The Labute approximate surface area is 109 Å². The van der Waals surface area contributed by atoms with Crippen LogP contribution in [0.25, 0.3) is 0 Å². The summed E-state index contributed by atoms with van der Waals surface area (Å²) in [5, 5.41) is 0. The van der Waals surface area contributed by atoms with Crippen molar-refractivity contribution in [2.45, 2.75) is 32.1 Å². The molecule has 2 saturated carbocycles. The van der Waals surface area contributed by atoms with Crippen LogP contribution in [0.15, 0.2) is 0 Å². The fourth-order valence-electron chi connectivity index (χ4n) is 1.56. The summed E-state index contributed by atoms with van der Waals surface area (Å²) in [7, 11) is 2.43. The second-order valence-electron chi connectivity index (χ2n) is 4.71. The molecular formula is C12H16F2O5. The number of hydrogen-bond donors (Lipinski definition) is 0. The second-order valence-corrected chi connectivity index (χ2v) is 4.71. The molecule has 0 amide bonds. The third-order valence-corrected chi connectivity index (χ3v) is 3.40. The van der Waals surface area contributed by atoms with Gasteiger partial charge in [-0.1, -0.05) is 0 Å². The lowest BCUT2D eigenvalue weighted by Crippen LogP contribution is -2.24. The number of esters is 2. The van der Waals surface area contributed by atoms with Crippen LogP contribution in [0.3, 0.4) is 0 Å². The highest BCUT2D eigenvalue weighted by Crippen LogP contribution is 2.51. The Morgan fingerprint density at radius 3 is 1.63 bits per heavy atom. The number of ether oxygens (including phenoxy) is 2. The average molecular weight is 278 g/mol. The van der Waals surface area contributed by atoms with Crippen LogP contribution in [-0.4, -0.2) is 38.9 Å². The Bertz CT molecular complexity index is 372. The van der Waals surface area contributed by atoms with Gasteiger partial charge >= 0.3 is 11.9 Å². The zero-order valence-electron chi connectivity index (χ0n) is 10.8. The van der Waals surface area contributed by atoms with Crippen LogP contribution in [-0.2, 0) is 23.9 Å². The van der Waals surface area contributed by atoms with Crippen LogP contribution in [0.5, 0.6) is 0 Å². The topological polar surface area (TPSA) is 69.7 Å². The molecule has 0 N–H and O–H groups in total. The summed E-state index contributed by atoms with van der Waals surface area (Å²) in [5.41, 5.74) is -2.18. The summed E-state index contributed by atoms with van der Waals surface area (Å²) in [5.74, 6) is -1.17. The van der Waals surface area contributed by atoms with E-state index in [-0.39, 0.29) is 12.8 Å². The lowest BCUT2D eigenvalue weighted by molar-refractivity contribution is -0.153. The highest BCUT2D eigenvalue weighted by molar-refractivity contribution is 5.96. The summed E-state index contributed by atoms with van der Waals surface area (Å²) < 4.78 is 32.6. The van der Waals surface area contributed by atoms with Crippen LogP contribution in [0.1, 0.15) is 25.7 Å². The molecule has 5 nitrogen and oxygen atoms in total. The van der Waals surface area contributed by atoms with E-state index in [1.54, 1.807) is 0 Å². The van der Waals surface area contributed by atoms with E-state index in [0.29, 0.717) is 19.1 Å². The van der Waals surface area contributed by atoms with Gasteiger partial charge in [0.05, 0.1) is 14.2 Å². The summed E-state index contributed by atoms with van der Waals surface area (Å²) >= 11 is 0. The number of halogens is 2. The van der Waals surface area contributed by atoms with Gasteiger partial charge in [-0.05, 0) is 25.7 Å². The van der Waals surface area contributed by atoms with E-state index >= 15 is 0 Å². The van der Waals surface area contributed by atoms with Crippen LogP contribution in [0, 0.1) is 10.8 Å². The lowest BCUT2D eigenvalue weighted by Gasteiger charge is -2.09. The van der Waals surface area contributed by atoms with E-state index in [9.17, 15) is 23.2 Å². The van der Waals surface area contributed by atoms with Crippen molar-refractivity contribution in [2.24, 2.45) is 10.8 Å². The fourth-order valence-corrected chi connectivity index (χ4v) is 1.56. The zero-order chi connectivity index (χ0) is 14.7. The molecule has 2 rings (SSSR count). The van der Waals surface area contributed by atoms with E-state index in [1.165, 1.54) is 7.11 Å². The Morgan fingerprint density at radius 1 is 1.05 bits per heavy atom. The minimum Gasteiger partial charge on any atom is -0.468 e. The van der Waals surface area contributed by atoms with Crippen molar-refractivity contribution in [3.05, 3.63) is 0 Å².